The average molecular weight is 763 g/mol. The number of rotatable bonds is 2. The van der Waals surface area contributed by atoms with Gasteiger partial charge in [0.1, 0.15) is 12.6 Å². The molecule has 12 nitrogen and oxygen atoms in total. The van der Waals surface area contributed by atoms with Gasteiger partial charge in [0.25, 0.3) is 0 Å². The summed E-state index contributed by atoms with van der Waals surface area (Å²) < 4.78 is 24.8. The van der Waals surface area contributed by atoms with E-state index in [1.54, 1.807) is 18.9 Å². The average Bonchev–Trinajstić information content (AvgIpc) is 3.81. The number of nitrogens with two attached hydrogens (primary N) is 1. The Kier molecular flexibility index (Phi) is 7.81. The fraction of sp³-hybridized carbons (Fsp3) is 0.476. The van der Waals surface area contributed by atoms with Gasteiger partial charge in [0.05, 0.1) is 31.0 Å². The lowest BCUT2D eigenvalue weighted by Gasteiger charge is -2.62. The maximum atomic E-state index is 15.0. The van der Waals surface area contributed by atoms with E-state index in [1.807, 2.05) is 6.92 Å². The number of piperazine rings is 1. The summed E-state index contributed by atoms with van der Waals surface area (Å²) in [5.41, 5.74) is 16.0. The summed E-state index contributed by atoms with van der Waals surface area (Å²) in [4.78, 5) is 23.3. The van der Waals surface area contributed by atoms with Gasteiger partial charge in [-0.3, -0.25) is 15.1 Å². The van der Waals surface area contributed by atoms with Crippen molar-refractivity contribution < 1.29 is 28.8 Å². The minimum absolute atomic E-state index is 0.0131. The molecule has 8 heterocycles. The molecule has 286 valence electrons. The number of fused-ring (bicyclic) bond motifs is 11. The number of nitrogens with one attached hydrogen (secondary N) is 2. The zero-order valence-corrected chi connectivity index (χ0v) is 32.7. The number of ether oxygens (including phenoxy) is 4. The molecule has 0 aliphatic carbocycles. The molecule has 1 spiro atoms. The van der Waals surface area contributed by atoms with Crippen LogP contribution in [0.2, 0.25) is 0 Å². The number of aromatic amines is 1. The molecule has 7 aliphatic rings. The smallest absolute Gasteiger partial charge is 0.333 e. The number of phenols is 1. The number of hydrogen-bond acceptors (Lipinski definition) is 12. The number of phenolic OH excluding ortho intramolecular Hbond substituents is 1. The van der Waals surface area contributed by atoms with Crippen LogP contribution in [0.4, 0.5) is 0 Å². The van der Waals surface area contributed by atoms with Gasteiger partial charge >= 0.3 is 5.97 Å². The Hall–Kier alpha value is -4.45. The fourth-order valence-corrected chi connectivity index (χ4v) is 12.7. The molecule has 4 bridgehead atoms. The molecule has 0 amide bonds. The van der Waals surface area contributed by atoms with Gasteiger partial charge in [0.15, 0.2) is 28.5 Å². The molecule has 11 rings (SSSR count). The number of methoxy groups -OCH3 is 1. The van der Waals surface area contributed by atoms with Crippen LogP contribution in [0.5, 0.6) is 23.0 Å². The summed E-state index contributed by atoms with van der Waals surface area (Å²) in [5, 5.41) is 27.8. The van der Waals surface area contributed by atoms with E-state index in [0.717, 1.165) is 66.7 Å². The maximum Gasteiger partial charge on any atom is 0.333 e. The van der Waals surface area contributed by atoms with E-state index in [-0.39, 0.29) is 54.5 Å². The minimum Gasteiger partial charge on any atom is -0.504 e. The third-order valence-electron chi connectivity index (χ3n) is 13.6. The lowest BCUT2D eigenvalue weighted by molar-refractivity contribution is -0.158. The van der Waals surface area contributed by atoms with E-state index in [9.17, 15) is 10.4 Å². The largest absolute Gasteiger partial charge is 0.504 e. The highest BCUT2D eigenvalue weighted by Gasteiger charge is 2.61. The molecule has 2 fully saturated rings. The van der Waals surface area contributed by atoms with Gasteiger partial charge in [-0.25, -0.2) is 4.79 Å². The second-order valence-electron chi connectivity index (χ2n) is 16.2. The number of benzene rings is 3. The number of nitriles is 1. The Morgan fingerprint density at radius 1 is 1.09 bits per heavy atom. The molecular weight excluding hydrogens is 717 g/mol. The lowest BCUT2D eigenvalue weighted by Crippen LogP contribution is -2.69. The number of thioether (sulfide) groups is 1. The van der Waals surface area contributed by atoms with Gasteiger partial charge in [-0.05, 0) is 93.1 Å². The fourth-order valence-electron chi connectivity index (χ4n) is 11.0. The third kappa shape index (κ3) is 4.57. The number of carbonyl (C=O) groups is 1. The Balaban J connectivity index is 1.23. The van der Waals surface area contributed by atoms with Crippen molar-refractivity contribution in [2.75, 3.05) is 39.9 Å². The van der Waals surface area contributed by atoms with Crippen LogP contribution < -0.4 is 25.3 Å². The van der Waals surface area contributed by atoms with E-state index in [4.69, 9.17) is 24.7 Å². The summed E-state index contributed by atoms with van der Waals surface area (Å²) in [6, 6.07) is 9.09. The molecule has 0 radical (unpaired) electrons. The molecule has 8 atom stereocenters. The van der Waals surface area contributed by atoms with Crippen molar-refractivity contribution in [2.24, 2.45) is 5.73 Å². The predicted octanol–water partition coefficient (Wildman–Crippen LogP) is 4.77. The highest BCUT2D eigenvalue weighted by atomic mass is 32.2. The normalized spacial score (nSPS) is 30.7. The zero-order valence-electron chi connectivity index (χ0n) is 31.9. The maximum absolute atomic E-state index is 15.0. The molecule has 3 aromatic carbocycles. The van der Waals surface area contributed by atoms with Crippen LogP contribution in [0.25, 0.3) is 10.9 Å². The van der Waals surface area contributed by atoms with Crippen LogP contribution in [0.15, 0.2) is 24.3 Å². The molecule has 0 saturated carbocycles. The van der Waals surface area contributed by atoms with Crippen LogP contribution in [0.1, 0.15) is 73.1 Å². The van der Waals surface area contributed by atoms with Crippen LogP contribution >= 0.6 is 11.8 Å². The molecule has 5 N–H and O–H groups in total. The SMILES string of the molecule is COc1c(C)cc2c(c1O)[C@@H]1[C@@H]3[C@@H]4SC[C@]5(N[C@@H](CN)Cc6c5[nH]c5ccc(C)cc65)C(=O)OC[C@@H](c5c6c(c(C)c(C)c54)OCO6)N3[C@@H](C#N)[C@@H](C2)N1C. The molecule has 55 heavy (non-hydrogen) atoms. The number of esters is 1. The number of hydrogen-bond donors (Lipinski definition) is 4. The number of carbonyl (C=O) groups excluding carboxylic acids is 1. The molecule has 0 unspecified atom stereocenters. The molecule has 7 aliphatic heterocycles. The summed E-state index contributed by atoms with van der Waals surface area (Å²) in [6.45, 7) is 8.67. The number of nitrogens with zero attached hydrogens (tertiary/aromatic N) is 3. The van der Waals surface area contributed by atoms with Crippen molar-refractivity contribution in [1.29, 1.82) is 5.26 Å². The minimum atomic E-state index is -1.23. The zero-order chi connectivity index (χ0) is 38.2. The van der Waals surface area contributed by atoms with E-state index in [2.05, 4.69) is 78.3 Å². The topological polar surface area (TPSA) is 158 Å². The first kappa shape index (κ1) is 35.0. The Bertz CT molecular complexity index is 2370. The second-order valence-corrected chi connectivity index (χ2v) is 17.4. The number of aromatic nitrogens is 1. The van der Waals surface area contributed by atoms with Crippen LogP contribution in [-0.2, 0) is 27.9 Å². The first-order valence-electron chi connectivity index (χ1n) is 19.1. The van der Waals surface area contributed by atoms with E-state index in [0.29, 0.717) is 42.4 Å². The van der Waals surface area contributed by atoms with E-state index in [1.165, 1.54) is 0 Å². The number of aryl methyl sites for hydroxylation is 2. The Morgan fingerprint density at radius 3 is 2.65 bits per heavy atom. The van der Waals surface area contributed by atoms with Gasteiger partial charge in [-0.2, -0.15) is 5.26 Å². The van der Waals surface area contributed by atoms with Crippen LogP contribution in [-0.4, -0.2) is 89.9 Å². The third-order valence-corrected chi connectivity index (χ3v) is 15.0. The van der Waals surface area contributed by atoms with E-state index >= 15 is 4.79 Å². The molecule has 2 saturated heterocycles. The van der Waals surface area contributed by atoms with Crippen molar-refractivity contribution in [2.45, 2.75) is 87.6 Å². The first-order chi connectivity index (χ1) is 26.5. The standard InChI is InChI=1S/C42H46N6O6S/c1-18-7-8-26-24(9-18)25-12-23(13-43)46-42(40(25)45-26)16-55-39-30-20(3)21(4)37-38(54-17-53-37)32(30)29(15-52-41(42)50)48-28(14-44)27-11-22-10-19(2)36(51-6)35(49)31(22)33(34(39)48)47(27)5/h7-10,23,27-29,33-34,39,45-46,49H,11-13,15-17,43H2,1-6H3/t23-,27-,28+,29+,33-,34-,39-,42-/m1/s1. The lowest BCUT2D eigenvalue weighted by atomic mass is 9.71. The Labute approximate surface area is 324 Å². The quantitative estimate of drug-likeness (QED) is 0.208. The summed E-state index contributed by atoms with van der Waals surface area (Å²) in [5.74, 6) is 1.90. The first-order valence-corrected chi connectivity index (χ1v) is 20.2. The number of aromatic hydroxyl groups is 1. The highest BCUT2D eigenvalue weighted by molar-refractivity contribution is 7.99. The van der Waals surface area contributed by atoms with Gasteiger partial charge < -0.3 is 34.8 Å². The molecule has 4 aromatic rings. The van der Waals surface area contributed by atoms with Crippen LogP contribution in [0, 0.1) is 39.0 Å². The van der Waals surface area contributed by atoms with Crippen molar-refractivity contribution >= 4 is 28.6 Å². The van der Waals surface area contributed by atoms with Crippen LogP contribution in [0.3, 0.4) is 0 Å². The predicted molar refractivity (Wildman–Crippen MR) is 208 cm³/mol. The Morgan fingerprint density at radius 2 is 1.89 bits per heavy atom. The van der Waals surface area contributed by atoms with Gasteiger partial charge in [-0.15, -0.1) is 11.8 Å². The molecule has 13 heteroatoms. The van der Waals surface area contributed by atoms with Gasteiger partial charge in [0.2, 0.25) is 6.79 Å². The second kappa shape index (κ2) is 12.3. The van der Waals surface area contributed by atoms with Crippen molar-refractivity contribution in [3.05, 3.63) is 80.0 Å². The number of H-pyrrole nitrogens is 1. The van der Waals surface area contributed by atoms with Gasteiger partial charge in [0, 0.05) is 57.7 Å². The summed E-state index contributed by atoms with van der Waals surface area (Å²) >= 11 is 1.69. The van der Waals surface area contributed by atoms with Crippen molar-refractivity contribution in [1.82, 2.24) is 20.1 Å². The molecular formula is C42H46N6O6S. The monoisotopic (exact) mass is 762 g/mol. The molecule has 1 aromatic heterocycles. The highest BCUT2D eigenvalue weighted by Crippen LogP contribution is 2.63. The van der Waals surface area contributed by atoms with Crippen molar-refractivity contribution in [3.63, 3.8) is 0 Å². The van der Waals surface area contributed by atoms with Crippen molar-refractivity contribution in [3.8, 4) is 29.1 Å². The number of likely N-dealkylation sites (N-methyl/N-ethyl adjacent to an activating group) is 1. The summed E-state index contributed by atoms with van der Waals surface area (Å²) in [7, 11) is 3.67. The van der Waals surface area contributed by atoms with Gasteiger partial charge in [-0.1, -0.05) is 17.7 Å². The summed E-state index contributed by atoms with van der Waals surface area (Å²) in [6.07, 6.45) is 1.25. The van der Waals surface area contributed by atoms with E-state index < -0.39 is 17.6 Å².